The molecule has 0 aliphatic heterocycles. The molecule has 2 rings (SSSR count). The first-order valence-corrected chi connectivity index (χ1v) is 7.33. The second-order valence-electron chi connectivity index (χ2n) is 5.72. The van der Waals surface area contributed by atoms with E-state index in [-0.39, 0.29) is 17.3 Å². The van der Waals surface area contributed by atoms with E-state index < -0.39 is 0 Å². The molecule has 1 unspecified atom stereocenters. The van der Waals surface area contributed by atoms with Crippen LogP contribution in [0.2, 0.25) is 0 Å². The molecule has 2 heterocycles. The Bertz CT molecular complexity index is 585. The zero-order chi connectivity index (χ0) is 14.9. The zero-order valence-corrected chi connectivity index (χ0v) is 13.2. The number of hydrogen-bond acceptors (Lipinski definition) is 6. The number of hydrogen-bond donors (Lipinski definition) is 1. The number of aliphatic hydroxyl groups is 1. The lowest BCUT2D eigenvalue weighted by Crippen LogP contribution is -2.13. The maximum Gasteiger partial charge on any atom is 0.239 e. The molecular formula is C13H20N4O2S. The molecule has 2 aromatic heterocycles. The molecule has 1 atom stereocenters. The van der Waals surface area contributed by atoms with Crippen LogP contribution in [0.4, 0.5) is 0 Å². The summed E-state index contributed by atoms with van der Waals surface area (Å²) in [6, 6.07) is 0. The summed E-state index contributed by atoms with van der Waals surface area (Å²) in [4.78, 5) is 8.73. The molecule has 1 N–H and O–H groups in total. The minimum Gasteiger partial charge on any atom is -0.390 e. The van der Waals surface area contributed by atoms with Gasteiger partial charge in [-0.25, -0.2) is 4.98 Å². The molecule has 0 fully saturated rings. The Hall–Kier alpha value is -1.34. The molecule has 0 amide bonds. The molecule has 0 spiro atoms. The Kier molecular flexibility index (Phi) is 4.19. The third-order valence-corrected chi connectivity index (χ3v) is 4.09. The monoisotopic (exact) mass is 296 g/mol. The Morgan fingerprint density at radius 1 is 1.45 bits per heavy atom. The van der Waals surface area contributed by atoms with Gasteiger partial charge in [-0.05, 0) is 6.92 Å². The largest absolute Gasteiger partial charge is 0.390 e. The quantitative estimate of drug-likeness (QED) is 0.873. The van der Waals surface area contributed by atoms with Crippen LogP contribution in [0.15, 0.2) is 15.9 Å². The van der Waals surface area contributed by atoms with Crippen LogP contribution in [0.3, 0.4) is 0 Å². The molecule has 110 valence electrons. The van der Waals surface area contributed by atoms with E-state index in [4.69, 9.17) is 9.63 Å². The van der Waals surface area contributed by atoms with E-state index in [1.54, 1.807) is 6.20 Å². The highest BCUT2D eigenvalue weighted by Crippen LogP contribution is 2.34. The lowest BCUT2D eigenvalue weighted by atomic mass is 9.96. The van der Waals surface area contributed by atoms with Crippen LogP contribution < -0.4 is 0 Å². The topological polar surface area (TPSA) is 77.0 Å². The van der Waals surface area contributed by atoms with E-state index in [2.05, 4.69) is 15.1 Å². The van der Waals surface area contributed by atoms with E-state index in [0.717, 1.165) is 10.9 Å². The van der Waals surface area contributed by atoms with Gasteiger partial charge in [0.1, 0.15) is 0 Å². The summed E-state index contributed by atoms with van der Waals surface area (Å²) in [6.07, 6.45) is 1.67. The van der Waals surface area contributed by atoms with Crippen LogP contribution in [-0.2, 0) is 19.1 Å². The summed E-state index contributed by atoms with van der Waals surface area (Å²) < 4.78 is 7.19. The lowest BCUT2D eigenvalue weighted by Gasteiger charge is -2.11. The van der Waals surface area contributed by atoms with Crippen molar-refractivity contribution in [1.29, 1.82) is 0 Å². The van der Waals surface area contributed by atoms with Crippen molar-refractivity contribution in [3.63, 3.8) is 0 Å². The zero-order valence-electron chi connectivity index (χ0n) is 12.4. The second kappa shape index (κ2) is 5.57. The fourth-order valence-corrected chi connectivity index (χ4v) is 2.50. The molecule has 7 heteroatoms. The van der Waals surface area contributed by atoms with Crippen molar-refractivity contribution in [1.82, 2.24) is 19.7 Å². The summed E-state index contributed by atoms with van der Waals surface area (Å²) in [6.45, 7) is 8.12. The number of imidazole rings is 1. The van der Waals surface area contributed by atoms with Crippen LogP contribution in [-0.4, -0.2) is 24.8 Å². The molecule has 0 aliphatic carbocycles. The van der Waals surface area contributed by atoms with Gasteiger partial charge in [0.05, 0.1) is 23.7 Å². The molecule has 0 radical (unpaired) electrons. The average molecular weight is 296 g/mol. The predicted octanol–water partition coefficient (Wildman–Crippen LogP) is 2.45. The van der Waals surface area contributed by atoms with Crippen LogP contribution in [0.25, 0.3) is 0 Å². The maximum atomic E-state index is 9.16. The Morgan fingerprint density at radius 2 is 2.15 bits per heavy atom. The van der Waals surface area contributed by atoms with Crippen molar-refractivity contribution in [2.45, 2.75) is 50.1 Å². The van der Waals surface area contributed by atoms with Gasteiger partial charge in [-0.15, -0.1) is 0 Å². The smallest absolute Gasteiger partial charge is 0.239 e. The summed E-state index contributed by atoms with van der Waals surface area (Å²) in [5.41, 5.74) is 0.653. The van der Waals surface area contributed by atoms with Crippen LogP contribution in [0, 0.1) is 0 Å². The van der Waals surface area contributed by atoms with Gasteiger partial charge in [-0.3, -0.25) is 0 Å². The van der Waals surface area contributed by atoms with Gasteiger partial charge in [-0.2, -0.15) is 4.98 Å². The average Bonchev–Trinajstić information content (AvgIpc) is 2.97. The predicted molar refractivity (Wildman–Crippen MR) is 76.4 cm³/mol. The van der Waals surface area contributed by atoms with Gasteiger partial charge in [0.15, 0.2) is 11.0 Å². The number of nitrogens with zero attached hydrogens (tertiary/aromatic N) is 4. The van der Waals surface area contributed by atoms with Gasteiger partial charge in [0, 0.05) is 12.5 Å². The molecule has 2 aromatic rings. The van der Waals surface area contributed by atoms with E-state index in [1.165, 1.54) is 11.8 Å². The molecule has 20 heavy (non-hydrogen) atoms. The van der Waals surface area contributed by atoms with E-state index in [1.807, 2.05) is 39.3 Å². The second-order valence-corrected chi connectivity index (χ2v) is 7.02. The standard InChI is InChI=1S/C13H20N4O2S/c1-8(10-15-11(16-19-10)13(2,3)4)20-12-14-6-9(7-18)17(12)5/h6,8,18H,7H2,1-5H3. The Labute approximate surface area is 122 Å². The molecule has 6 nitrogen and oxygen atoms in total. The number of aromatic nitrogens is 4. The van der Waals surface area contributed by atoms with Crippen LogP contribution in [0.1, 0.15) is 50.4 Å². The third-order valence-electron chi connectivity index (χ3n) is 2.95. The van der Waals surface area contributed by atoms with Crippen molar-refractivity contribution in [3.8, 4) is 0 Å². The van der Waals surface area contributed by atoms with Crippen LogP contribution in [0.5, 0.6) is 0 Å². The minimum atomic E-state index is -0.126. The lowest BCUT2D eigenvalue weighted by molar-refractivity contribution is 0.271. The summed E-state index contributed by atoms with van der Waals surface area (Å²) in [5, 5.41) is 14.0. The van der Waals surface area contributed by atoms with Gasteiger partial charge >= 0.3 is 0 Å². The van der Waals surface area contributed by atoms with Crippen molar-refractivity contribution in [2.24, 2.45) is 7.05 Å². The normalized spacial score (nSPS) is 13.7. The number of thioether (sulfide) groups is 1. The first-order valence-electron chi connectivity index (χ1n) is 6.45. The van der Waals surface area contributed by atoms with E-state index in [0.29, 0.717) is 11.7 Å². The van der Waals surface area contributed by atoms with Crippen molar-refractivity contribution < 1.29 is 9.63 Å². The Morgan fingerprint density at radius 3 is 2.65 bits per heavy atom. The fourth-order valence-electron chi connectivity index (χ4n) is 1.60. The highest BCUT2D eigenvalue weighted by atomic mass is 32.2. The van der Waals surface area contributed by atoms with Crippen molar-refractivity contribution in [2.75, 3.05) is 0 Å². The summed E-state index contributed by atoms with van der Waals surface area (Å²) in [5.74, 6) is 1.30. The number of aliphatic hydroxyl groups excluding tert-OH is 1. The van der Waals surface area contributed by atoms with E-state index in [9.17, 15) is 0 Å². The van der Waals surface area contributed by atoms with Crippen molar-refractivity contribution >= 4 is 11.8 Å². The molecule has 0 aromatic carbocycles. The van der Waals surface area contributed by atoms with Crippen molar-refractivity contribution in [3.05, 3.63) is 23.6 Å². The van der Waals surface area contributed by atoms with Gasteiger partial charge < -0.3 is 14.2 Å². The Balaban J connectivity index is 2.13. The maximum absolute atomic E-state index is 9.16. The van der Waals surface area contributed by atoms with Crippen LogP contribution >= 0.6 is 11.8 Å². The summed E-state index contributed by atoms with van der Waals surface area (Å²) in [7, 11) is 1.88. The minimum absolute atomic E-state index is 0.00578. The summed E-state index contributed by atoms with van der Waals surface area (Å²) >= 11 is 1.53. The highest BCUT2D eigenvalue weighted by molar-refractivity contribution is 7.99. The number of rotatable bonds is 4. The van der Waals surface area contributed by atoms with Gasteiger partial charge in [0.2, 0.25) is 5.89 Å². The van der Waals surface area contributed by atoms with Gasteiger partial charge in [-0.1, -0.05) is 37.7 Å². The molecule has 0 bridgehead atoms. The first-order chi connectivity index (χ1) is 9.32. The first kappa shape index (κ1) is 15.1. The molecule has 0 saturated heterocycles. The van der Waals surface area contributed by atoms with E-state index >= 15 is 0 Å². The SMILES string of the molecule is CC(Sc1ncc(CO)n1C)c1nc(C(C)(C)C)no1. The molecule has 0 aliphatic rings. The fraction of sp³-hybridized carbons (Fsp3) is 0.615. The highest BCUT2D eigenvalue weighted by Gasteiger charge is 2.24. The third kappa shape index (κ3) is 3.04. The molecule has 0 saturated carbocycles. The molecular weight excluding hydrogens is 276 g/mol. The van der Waals surface area contributed by atoms with Gasteiger partial charge in [0.25, 0.3) is 0 Å².